The first-order valence-corrected chi connectivity index (χ1v) is 6.23. The second-order valence-corrected chi connectivity index (χ2v) is 4.75. The molecular weight excluding hydrogens is 271 g/mol. The first kappa shape index (κ1) is 15.7. The maximum atomic E-state index is 13.0. The maximum Gasteiger partial charge on any atom is 0.184 e. The van der Waals surface area contributed by atoms with Crippen molar-refractivity contribution in [3.05, 3.63) is 29.0 Å². The van der Waals surface area contributed by atoms with Crippen LogP contribution >= 0.6 is 11.6 Å². The predicted octanol–water partition coefficient (Wildman–Crippen LogP) is 2.55. The molecule has 0 saturated carbocycles. The fourth-order valence-corrected chi connectivity index (χ4v) is 1.60. The van der Waals surface area contributed by atoms with Gasteiger partial charge in [0.1, 0.15) is 5.82 Å². The minimum Gasteiger partial charge on any atom is -0.389 e. The van der Waals surface area contributed by atoms with Crippen molar-refractivity contribution in [2.75, 3.05) is 18.1 Å². The van der Waals surface area contributed by atoms with Gasteiger partial charge in [0.05, 0.1) is 36.1 Å². The molecule has 0 heterocycles. The highest BCUT2D eigenvalue weighted by Crippen LogP contribution is 2.22. The molecular formula is C13H16ClFN2O2. The Hall–Kier alpha value is -1.35. The van der Waals surface area contributed by atoms with Crippen LogP contribution < -0.4 is 4.90 Å². The van der Waals surface area contributed by atoms with Crippen molar-refractivity contribution < 1.29 is 14.2 Å². The Labute approximate surface area is 117 Å². The van der Waals surface area contributed by atoms with E-state index in [0.717, 1.165) is 0 Å². The van der Waals surface area contributed by atoms with Gasteiger partial charge < -0.3 is 9.84 Å². The lowest BCUT2D eigenvalue weighted by Crippen LogP contribution is -2.32. The lowest BCUT2D eigenvalue weighted by Gasteiger charge is -2.20. The van der Waals surface area contributed by atoms with E-state index in [1.54, 1.807) is 0 Å². The number of hydrogen-bond donors (Lipinski definition) is 1. The molecule has 19 heavy (non-hydrogen) atoms. The van der Waals surface area contributed by atoms with E-state index in [2.05, 4.69) is 0 Å². The molecule has 0 radical (unpaired) electrons. The third-order valence-electron chi connectivity index (χ3n) is 2.35. The van der Waals surface area contributed by atoms with E-state index in [0.29, 0.717) is 5.69 Å². The van der Waals surface area contributed by atoms with Crippen LogP contribution in [0.5, 0.6) is 0 Å². The van der Waals surface area contributed by atoms with Crippen molar-refractivity contribution in [1.82, 2.24) is 0 Å². The van der Waals surface area contributed by atoms with Crippen molar-refractivity contribution in [2.24, 2.45) is 0 Å². The van der Waals surface area contributed by atoms with E-state index < -0.39 is 11.9 Å². The van der Waals surface area contributed by atoms with Gasteiger partial charge in [-0.1, -0.05) is 11.6 Å². The standard InChI is InChI=1S/C13H16ClFN2O2/c1-9(2)19-7-11(18)6-17(8-16)10-3-4-13(15)12(14)5-10/h3-5,9,11,18H,6-7H2,1-2H3. The molecule has 104 valence electrons. The average molecular weight is 287 g/mol. The molecule has 1 rings (SSSR count). The molecule has 0 fully saturated rings. The Bertz CT molecular complexity index is 462. The zero-order chi connectivity index (χ0) is 14.4. The first-order valence-electron chi connectivity index (χ1n) is 5.86. The summed E-state index contributed by atoms with van der Waals surface area (Å²) in [6.07, 6.45) is 1.11. The zero-order valence-corrected chi connectivity index (χ0v) is 11.6. The molecule has 0 aliphatic carbocycles. The van der Waals surface area contributed by atoms with Gasteiger partial charge in [-0.3, -0.25) is 4.90 Å². The maximum absolute atomic E-state index is 13.0. The smallest absolute Gasteiger partial charge is 0.184 e. The van der Waals surface area contributed by atoms with E-state index in [9.17, 15) is 9.50 Å². The third kappa shape index (κ3) is 5.03. The molecule has 1 atom stereocenters. The van der Waals surface area contributed by atoms with Crippen LogP contribution in [0.4, 0.5) is 10.1 Å². The molecule has 1 aromatic carbocycles. The van der Waals surface area contributed by atoms with E-state index in [1.807, 2.05) is 20.0 Å². The Morgan fingerprint density at radius 2 is 2.21 bits per heavy atom. The van der Waals surface area contributed by atoms with Crippen LogP contribution in [0.1, 0.15) is 13.8 Å². The van der Waals surface area contributed by atoms with Crippen molar-refractivity contribution in [1.29, 1.82) is 5.26 Å². The molecule has 4 nitrogen and oxygen atoms in total. The van der Waals surface area contributed by atoms with Crippen molar-refractivity contribution in [3.63, 3.8) is 0 Å². The average Bonchev–Trinajstić information content (AvgIpc) is 2.37. The first-order chi connectivity index (χ1) is 8.93. The fraction of sp³-hybridized carbons (Fsp3) is 0.462. The summed E-state index contributed by atoms with van der Waals surface area (Å²) in [5.41, 5.74) is 0.428. The lowest BCUT2D eigenvalue weighted by molar-refractivity contribution is 0.00967. The molecule has 0 saturated heterocycles. The Morgan fingerprint density at radius 3 is 2.74 bits per heavy atom. The van der Waals surface area contributed by atoms with Gasteiger partial charge >= 0.3 is 0 Å². The SMILES string of the molecule is CC(C)OCC(O)CN(C#N)c1ccc(F)c(Cl)c1. The molecule has 0 amide bonds. The number of rotatable bonds is 6. The number of benzene rings is 1. The highest BCUT2D eigenvalue weighted by molar-refractivity contribution is 6.31. The number of aliphatic hydroxyl groups is 1. The van der Waals surface area contributed by atoms with E-state index in [1.165, 1.54) is 23.1 Å². The topological polar surface area (TPSA) is 56.5 Å². The molecule has 0 aliphatic heterocycles. The van der Waals surface area contributed by atoms with Gasteiger partial charge in [-0.15, -0.1) is 0 Å². The minimum atomic E-state index is -0.814. The van der Waals surface area contributed by atoms with Gasteiger partial charge in [-0.25, -0.2) is 4.39 Å². The van der Waals surface area contributed by atoms with Crippen LogP contribution in [-0.2, 0) is 4.74 Å². The second-order valence-electron chi connectivity index (χ2n) is 4.34. The van der Waals surface area contributed by atoms with Gasteiger partial charge in [0.15, 0.2) is 6.19 Å². The summed E-state index contributed by atoms with van der Waals surface area (Å²) in [6.45, 7) is 3.90. The Kier molecular flexibility index (Phi) is 6.03. The van der Waals surface area contributed by atoms with Gasteiger partial charge in [0, 0.05) is 0 Å². The summed E-state index contributed by atoms with van der Waals surface area (Å²) in [5.74, 6) is -0.549. The molecule has 0 bridgehead atoms. The van der Waals surface area contributed by atoms with E-state index in [4.69, 9.17) is 21.6 Å². The molecule has 1 unspecified atom stereocenters. The zero-order valence-electron chi connectivity index (χ0n) is 10.8. The molecule has 0 aromatic heterocycles. The number of ether oxygens (including phenoxy) is 1. The lowest BCUT2D eigenvalue weighted by atomic mass is 10.2. The van der Waals surface area contributed by atoms with Gasteiger partial charge in [-0.2, -0.15) is 5.26 Å². The highest BCUT2D eigenvalue weighted by atomic mass is 35.5. The van der Waals surface area contributed by atoms with Crippen LogP contribution in [0.3, 0.4) is 0 Å². The van der Waals surface area contributed by atoms with E-state index >= 15 is 0 Å². The summed E-state index contributed by atoms with van der Waals surface area (Å²) in [7, 11) is 0. The number of aliphatic hydroxyl groups excluding tert-OH is 1. The number of nitrogens with zero attached hydrogens (tertiary/aromatic N) is 2. The van der Waals surface area contributed by atoms with Crippen LogP contribution in [0.25, 0.3) is 0 Å². The van der Waals surface area contributed by atoms with Crippen LogP contribution in [0.2, 0.25) is 5.02 Å². The van der Waals surface area contributed by atoms with Gasteiger partial charge in [-0.05, 0) is 32.0 Å². The summed E-state index contributed by atoms with van der Waals surface area (Å²) in [5, 5.41) is 18.7. The second kappa shape index (κ2) is 7.29. The normalized spacial score (nSPS) is 12.3. The van der Waals surface area contributed by atoms with Crippen LogP contribution in [0, 0.1) is 17.3 Å². The quantitative estimate of drug-likeness (QED) is 0.645. The third-order valence-corrected chi connectivity index (χ3v) is 2.64. The number of anilines is 1. The largest absolute Gasteiger partial charge is 0.389 e. The summed E-state index contributed by atoms with van der Waals surface area (Å²) in [6, 6.07) is 3.95. The molecule has 6 heteroatoms. The predicted molar refractivity (Wildman–Crippen MR) is 71.5 cm³/mol. The van der Waals surface area contributed by atoms with Gasteiger partial charge in [0.2, 0.25) is 0 Å². The summed E-state index contributed by atoms with van der Waals surface area (Å²) in [4.78, 5) is 1.24. The van der Waals surface area contributed by atoms with Crippen molar-refractivity contribution in [2.45, 2.75) is 26.1 Å². The van der Waals surface area contributed by atoms with Crippen molar-refractivity contribution in [3.8, 4) is 6.19 Å². The summed E-state index contributed by atoms with van der Waals surface area (Å²) >= 11 is 5.66. The molecule has 1 aromatic rings. The Morgan fingerprint density at radius 1 is 1.53 bits per heavy atom. The van der Waals surface area contributed by atoms with E-state index in [-0.39, 0.29) is 24.3 Å². The van der Waals surface area contributed by atoms with Crippen LogP contribution in [0.15, 0.2) is 18.2 Å². The van der Waals surface area contributed by atoms with Crippen molar-refractivity contribution >= 4 is 17.3 Å². The van der Waals surface area contributed by atoms with Crippen LogP contribution in [-0.4, -0.2) is 30.5 Å². The summed E-state index contributed by atoms with van der Waals surface area (Å²) < 4.78 is 18.3. The number of hydrogen-bond acceptors (Lipinski definition) is 4. The molecule has 1 N–H and O–H groups in total. The highest BCUT2D eigenvalue weighted by Gasteiger charge is 2.14. The monoisotopic (exact) mass is 286 g/mol. The minimum absolute atomic E-state index is 0.00505. The van der Waals surface area contributed by atoms with Gasteiger partial charge in [0.25, 0.3) is 0 Å². The Balaban J connectivity index is 2.67. The molecule has 0 spiro atoms. The molecule has 0 aliphatic rings. The number of nitriles is 1. The fourth-order valence-electron chi connectivity index (χ4n) is 1.42. The number of halogens is 2.